The van der Waals surface area contributed by atoms with Crippen molar-refractivity contribution in [3.8, 4) is 0 Å². The van der Waals surface area contributed by atoms with Gasteiger partial charge in [-0.2, -0.15) is 0 Å². The number of nitrogens with one attached hydrogen (secondary N) is 1. The summed E-state index contributed by atoms with van der Waals surface area (Å²) >= 11 is 0. The summed E-state index contributed by atoms with van der Waals surface area (Å²) in [7, 11) is 0. The third-order valence-corrected chi connectivity index (χ3v) is 3.28. The lowest BCUT2D eigenvalue weighted by Gasteiger charge is -2.13. The fraction of sp³-hybridized carbons (Fsp3) is 0.600. The molecule has 0 saturated heterocycles. The van der Waals surface area contributed by atoms with E-state index in [1.807, 2.05) is 6.92 Å². The first-order valence-electron chi connectivity index (χ1n) is 7.03. The number of aliphatic hydroxyl groups is 1. The average molecular weight is 264 g/mol. The first-order chi connectivity index (χ1) is 9.19. The van der Waals surface area contributed by atoms with Crippen molar-refractivity contribution in [3.05, 3.63) is 24.0 Å². The van der Waals surface area contributed by atoms with Crippen LogP contribution in [-0.2, 0) is 11.4 Å². The molecule has 106 valence electrons. The third-order valence-electron chi connectivity index (χ3n) is 3.28. The normalized spacial score (nSPS) is 12.2. The molecule has 2 N–H and O–H groups in total. The topological polar surface area (TPSA) is 62.2 Å². The second-order valence-corrected chi connectivity index (χ2v) is 4.93. The number of carbonyl (C=O) groups excluding carboxylic acids is 1. The van der Waals surface area contributed by atoms with E-state index < -0.39 is 0 Å². The van der Waals surface area contributed by atoms with Crippen LogP contribution in [0.2, 0.25) is 0 Å². The fourth-order valence-electron chi connectivity index (χ4n) is 1.94. The molecule has 0 fully saturated rings. The van der Waals surface area contributed by atoms with Crippen LogP contribution in [0.1, 0.15) is 51.5 Å². The Balaban J connectivity index is 2.45. The molecule has 1 rings (SSSR count). The Morgan fingerprint density at radius 2 is 2.21 bits per heavy atom. The van der Waals surface area contributed by atoms with Crippen molar-refractivity contribution in [3.63, 3.8) is 0 Å². The van der Waals surface area contributed by atoms with Crippen molar-refractivity contribution in [1.82, 2.24) is 4.98 Å². The summed E-state index contributed by atoms with van der Waals surface area (Å²) in [6.07, 6.45) is 8.79. The number of nitrogens with zero attached hydrogens (tertiary/aromatic N) is 1. The van der Waals surface area contributed by atoms with Crippen LogP contribution in [0.15, 0.2) is 18.5 Å². The van der Waals surface area contributed by atoms with Crippen molar-refractivity contribution < 1.29 is 9.90 Å². The standard InChI is InChI=1S/C15H24N2O2/c1-3-4-5-6-7-12(2)15(19)17-14-10-16-9-8-13(14)11-18/h8-10,12,18H,3-7,11H2,1-2H3,(H,17,19). The van der Waals surface area contributed by atoms with Crippen molar-refractivity contribution in [2.45, 2.75) is 52.6 Å². The number of carbonyl (C=O) groups is 1. The molecule has 4 nitrogen and oxygen atoms in total. The van der Waals surface area contributed by atoms with Gasteiger partial charge < -0.3 is 10.4 Å². The highest BCUT2D eigenvalue weighted by atomic mass is 16.3. The van der Waals surface area contributed by atoms with Crippen LogP contribution in [0.5, 0.6) is 0 Å². The van der Waals surface area contributed by atoms with Gasteiger partial charge in [0, 0.05) is 17.7 Å². The summed E-state index contributed by atoms with van der Waals surface area (Å²) in [5.41, 5.74) is 1.30. The molecule has 0 radical (unpaired) electrons. The number of rotatable bonds is 8. The Hall–Kier alpha value is -1.42. The summed E-state index contributed by atoms with van der Waals surface area (Å²) in [5.74, 6) is -0.0113. The first-order valence-corrected chi connectivity index (χ1v) is 7.03. The molecular formula is C15H24N2O2. The van der Waals surface area contributed by atoms with Crippen LogP contribution < -0.4 is 5.32 Å². The van der Waals surface area contributed by atoms with E-state index in [2.05, 4.69) is 17.2 Å². The molecule has 1 amide bonds. The number of aromatic nitrogens is 1. The quantitative estimate of drug-likeness (QED) is 0.709. The van der Waals surface area contributed by atoms with Crippen molar-refractivity contribution in [2.75, 3.05) is 5.32 Å². The van der Waals surface area contributed by atoms with Gasteiger partial charge in [0.25, 0.3) is 0 Å². The minimum absolute atomic E-state index is 0.000742. The molecule has 0 aromatic carbocycles. The summed E-state index contributed by atoms with van der Waals surface area (Å²) in [6.45, 7) is 4.02. The maximum Gasteiger partial charge on any atom is 0.227 e. The molecule has 0 aliphatic heterocycles. The van der Waals surface area contributed by atoms with E-state index in [-0.39, 0.29) is 18.4 Å². The molecule has 1 unspecified atom stereocenters. The van der Waals surface area contributed by atoms with Gasteiger partial charge in [0.15, 0.2) is 0 Å². The molecule has 0 saturated carbocycles. The van der Waals surface area contributed by atoms with Crippen LogP contribution in [0.4, 0.5) is 5.69 Å². The van der Waals surface area contributed by atoms with E-state index in [1.165, 1.54) is 19.3 Å². The number of unbranched alkanes of at least 4 members (excludes halogenated alkanes) is 3. The number of amides is 1. The maximum atomic E-state index is 12.0. The van der Waals surface area contributed by atoms with Crippen molar-refractivity contribution in [2.24, 2.45) is 5.92 Å². The van der Waals surface area contributed by atoms with E-state index in [9.17, 15) is 9.90 Å². The average Bonchev–Trinajstić information content (AvgIpc) is 2.44. The summed E-state index contributed by atoms with van der Waals surface area (Å²) < 4.78 is 0. The van der Waals surface area contributed by atoms with Crippen LogP contribution in [0.25, 0.3) is 0 Å². The Labute approximate surface area is 115 Å². The molecule has 1 aromatic heterocycles. The summed E-state index contributed by atoms with van der Waals surface area (Å²) in [5, 5.41) is 12.0. The second-order valence-electron chi connectivity index (χ2n) is 4.93. The van der Waals surface area contributed by atoms with Gasteiger partial charge in [0.05, 0.1) is 18.5 Å². The van der Waals surface area contributed by atoms with Gasteiger partial charge in [-0.25, -0.2) is 0 Å². The largest absolute Gasteiger partial charge is 0.392 e. The van der Waals surface area contributed by atoms with Gasteiger partial charge in [-0.15, -0.1) is 0 Å². The number of pyridine rings is 1. The molecule has 1 atom stereocenters. The molecule has 1 aromatic rings. The van der Waals surface area contributed by atoms with Gasteiger partial charge in [0.1, 0.15) is 0 Å². The van der Waals surface area contributed by atoms with Crippen LogP contribution >= 0.6 is 0 Å². The Kier molecular flexibility index (Phi) is 7.11. The number of anilines is 1. The zero-order valence-corrected chi connectivity index (χ0v) is 11.9. The molecule has 0 aliphatic rings. The maximum absolute atomic E-state index is 12.0. The monoisotopic (exact) mass is 264 g/mol. The predicted octanol–water partition coefficient (Wildman–Crippen LogP) is 3.12. The molecule has 0 aliphatic carbocycles. The van der Waals surface area contributed by atoms with E-state index in [0.717, 1.165) is 12.8 Å². The first kappa shape index (κ1) is 15.6. The van der Waals surface area contributed by atoms with Crippen LogP contribution in [-0.4, -0.2) is 16.0 Å². The molecule has 1 heterocycles. The van der Waals surface area contributed by atoms with E-state index in [1.54, 1.807) is 18.5 Å². The second kappa shape index (κ2) is 8.64. The molecule has 4 heteroatoms. The van der Waals surface area contributed by atoms with Crippen LogP contribution in [0, 0.1) is 5.92 Å². The predicted molar refractivity (Wildman–Crippen MR) is 76.7 cm³/mol. The zero-order chi connectivity index (χ0) is 14.1. The summed E-state index contributed by atoms with van der Waals surface area (Å²) in [6, 6.07) is 1.71. The lowest BCUT2D eigenvalue weighted by molar-refractivity contribution is -0.119. The number of aliphatic hydroxyl groups excluding tert-OH is 1. The lowest BCUT2D eigenvalue weighted by Crippen LogP contribution is -2.21. The van der Waals surface area contributed by atoms with E-state index >= 15 is 0 Å². The molecular weight excluding hydrogens is 240 g/mol. The zero-order valence-electron chi connectivity index (χ0n) is 11.9. The number of hydrogen-bond donors (Lipinski definition) is 2. The third kappa shape index (κ3) is 5.39. The highest BCUT2D eigenvalue weighted by molar-refractivity contribution is 5.92. The van der Waals surface area contributed by atoms with E-state index in [0.29, 0.717) is 11.3 Å². The highest BCUT2D eigenvalue weighted by Crippen LogP contribution is 2.16. The van der Waals surface area contributed by atoms with Crippen molar-refractivity contribution >= 4 is 11.6 Å². The lowest BCUT2D eigenvalue weighted by atomic mass is 10.0. The molecule has 0 spiro atoms. The van der Waals surface area contributed by atoms with E-state index in [4.69, 9.17) is 0 Å². The van der Waals surface area contributed by atoms with Gasteiger partial charge in [-0.3, -0.25) is 9.78 Å². The highest BCUT2D eigenvalue weighted by Gasteiger charge is 2.14. The number of hydrogen-bond acceptors (Lipinski definition) is 3. The minimum Gasteiger partial charge on any atom is -0.392 e. The smallest absolute Gasteiger partial charge is 0.227 e. The minimum atomic E-state index is -0.0942. The molecule has 0 bridgehead atoms. The fourth-order valence-corrected chi connectivity index (χ4v) is 1.94. The Bertz CT molecular complexity index is 393. The summed E-state index contributed by atoms with van der Waals surface area (Å²) in [4.78, 5) is 16.0. The molecule has 19 heavy (non-hydrogen) atoms. The van der Waals surface area contributed by atoms with Crippen LogP contribution in [0.3, 0.4) is 0 Å². The van der Waals surface area contributed by atoms with Crippen molar-refractivity contribution in [1.29, 1.82) is 0 Å². The SMILES string of the molecule is CCCCCCC(C)C(=O)Nc1cnccc1CO. The van der Waals surface area contributed by atoms with Gasteiger partial charge >= 0.3 is 0 Å². The van der Waals surface area contributed by atoms with Gasteiger partial charge in [-0.1, -0.05) is 39.5 Å². The van der Waals surface area contributed by atoms with Gasteiger partial charge in [-0.05, 0) is 12.5 Å². The Morgan fingerprint density at radius 1 is 1.42 bits per heavy atom. The van der Waals surface area contributed by atoms with Gasteiger partial charge in [0.2, 0.25) is 5.91 Å². The Morgan fingerprint density at radius 3 is 2.89 bits per heavy atom.